The van der Waals surface area contributed by atoms with Crippen LogP contribution < -0.4 is 20.5 Å². The van der Waals surface area contributed by atoms with E-state index >= 15 is 0 Å². The Labute approximate surface area is 114 Å². The molecule has 0 amide bonds. The lowest BCUT2D eigenvalue weighted by molar-refractivity contribution is 0.402. The lowest BCUT2D eigenvalue weighted by atomic mass is 10.2. The molecule has 2 N–H and O–H groups in total. The molecule has 1 heterocycles. The van der Waals surface area contributed by atoms with Crippen molar-refractivity contribution in [1.29, 1.82) is 0 Å². The number of aromatic amines is 1. The molecule has 0 fully saturated rings. The molecule has 0 bridgehead atoms. The summed E-state index contributed by atoms with van der Waals surface area (Å²) < 4.78 is 10.3. The summed E-state index contributed by atoms with van der Waals surface area (Å²) in [5, 5.41) is 11.1. The summed E-state index contributed by atoms with van der Waals surface area (Å²) in [5.41, 5.74) is 2.92. The molecule has 0 aliphatic heterocycles. The minimum Gasteiger partial charge on any atom is -0.497 e. The first-order valence-electron chi connectivity index (χ1n) is 5.66. The number of rotatable bonds is 5. The topological polar surface area (TPSA) is 101 Å². The van der Waals surface area contributed by atoms with Gasteiger partial charge in [0.2, 0.25) is 5.95 Å². The molecule has 8 heteroatoms. The molecule has 0 aliphatic carbocycles. The summed E-state index contributed by atoms with van der Waals surface area (Å²) in [5.74, 6) is 1.47. The molecule has 1 aromatic carbocycles. The van der Waals surface area contributed by atoms with E-state index in [-0.39, 0.29) is 11.5 Å². The number of ether oxygens (including phenoxy) is 2. The molecule has 0 spiro atoms. The predicted octanol–water partition coefficient (Wildman–Crippen LogP) is 0.628. The number of hydrogen-bond acceptors (Lipinski definition) is 7. The fraction of sp³-hybridized carbons (Fsp3) is 0.167. The van der Waals surface area contributed by atoms with Crippen molar-refractivity contribution in [1.82, 2.24) is 15.2 Å². The highest BCUT2D eigenvalue weighted by Crippen LogP contribution is 2.22. The van der Waals surface area contributed by atoms with Crippen LogP contribution in [-0.4, -0.2) is 35.6 Å². The van der Waals surface area contributed by atoms with E-state index in [0.29, 0.717) is 17.1 Å². The zero-order valence-electron chi connectivity index (χ0n) is 11.0. The first-order valence-corrected chi connectivity index (χ1v) is 5.66. The number of hydrogen-bond donors (Lipinski definition) is 2. The zero-order chi connectivity index (χ0) is 14.4. The van der Waals surface area contributed by atoms with Crippen LogP contribution in [0.1, 0.15) is 5.56 Å². The molecule has 104 valence electrons. The van der Waals surface area contributed by atoms with Crippen LogP contribution in [0.4, 0.5) is 5.95 Å². The quantitative estimate of drug-likeness (QED) is 0.613. The summed E-state index contributed by atoms with van der Waals surface area (Å²) >= 11 is 0. The highest BCUT2D eigenvalue weighted by molar-refractivity contribution is 5.84. The molecule has 2 aromatic rings. The highest BCUT2D eigenvalue weighted by atomic mass is 16.5. The van der Waals surface area contributed by atoms with Gasteiger partial charge in [-0.25, -0.2) is 5.43 Å². The second-order valence-electron chi connectivity index (χ2n) is 3.66. The van der Waals surface area contributed by atoms with Crippen molar-refractivity contribution in [2.75, 3.05) is 19.6 Å². The number of benzene rings is 1. The molecule has 0 atom stereocenters. The number of anilines is 1. The van der Waals surface area contributed by atoms with Crippen molar-refractivity contribution >= 4 is 12.2 Å². The van der Waals surface area contributed by atoms with Gasteiger partial charge in [-0.05, 0) is 18.2 Å². The van der Waals surface area contributed by atoms with Gasteiger partial charge >= 0.3 is 0 Å². The van der Waals surface area contributed by atoms with Crippen molar-refractivity contribution in [3.8, 4) is 11.5 Å². The van der Waals surface area contributed by atoms with Gasteiger partial charge in [0.05, 0.1) is 20.4 Å². The van der Waals surface area contributed by atoms with Crippen LogP contribution in [0.3, 0.4) is 0 Å². The van der Waals surface area contributed by atoms with Gasteiger partial charge in [-0.1, -0.05) is 0 Å². The minimum atomic E-state index is -0.364. The summed E-state index contributed by atoms with van der Waals surface area (Å²) in [4.78, 5) is 13.5. The minimum absolute atomic E-state index is 0.149. The smallest absolute Gasteiger partial charge is 0.271 e. The van der Waals surface area contributed by atoms with E-state index in [1.807, 2.05) is 0 Å². The van der Waals surface area contributed by atoms with Gasteiger partial charge in [0.1, 0.15) is 17.7 Å². The Hall–Kier alpha value is -2.90. The van der Waals surface area contributed by atoms with Crippen molar-refractivity contribution in [2.45, 2.75) is 0 Å². The van der Waals surface area contributed by atoms with Crippen LogP contribution in [0.15, 0.2) is 34.3 Å². The van der Waals surface area contributed by atoms with Gasteiger partial charge in [-0.15, -0.1) is 10.2 Å². The van der Waals surface area contributed by atoms with Gasteiger partial charge in [-0.2, -0.15) is 5.10 Å². The Kier molecular flexibility index (Phi) is 4.28. The molecule has 0 saturated carbocycles. The molecule has 1 aromatic heterocycles. The van der Waals surface area contributed by atoms with Crippen LogP contribution in [0.25, 0.3) is 0 Å². The van der Waals surface area contributed by atoms with Crippen molar-refractivity contribution < 1.29 is 9.47 Å². The van der Waals surface area contributed by atoms with E-state index in [4.69, 9.17) is 9.47 Å². The van der Waals surface area contributed by atoms with Crippen LogP contribution >= 0.6 is 0 Å². The van der Waals surface area contributed by atoms with Gasteiger partial charge in [0.25, 0.3) is 5.56 Å². The lowest BCUT2D eigenvalue weighted by Crippen LogP contribution is -2.10. The third kappa shape index (κ3) is 3.31. The Morgan fingerprint density at radius 3 is 2.90 bits per heavy atom. The molecule has 0 radical (unpaired) electrons. The number of nitrogens with zero attached hydrogens (tertiary/aromatic N) is 3. The highest BCUT2D eigenvalue weighted by Gasteiger charge is 2.02. The summed E-state index contributed by atoms with van der Waals surface area (Å²) in [6, 6.07) is 5.32. The Bertz CT molecular complexity index is 668. The lowest BCUT2D eigenvalue weighted by Gasteiger charge is -2.06. The Morgan fingerprint density at radius 1 is 1.35 bits per heavy atom. The summed E-state index contributed by atoms with van der Waals surface area (Å²) in [6.45, 7) is 0. The molecule has 2 rings (SSSR count). The molecule has 20 heavy (non-hydrogen) atoms. The largest absolute Gasteiger partial charge is 0.497 e. The monoisotopic (exact) mass is 275 g/mol. The van der Waals surface area contributed by atoms with Crippen molar-refractivity contribution in [3.05, 3.63) is 40.3 Å². The van der Waals surface area contributed by atoms with E-state index < -0.39 is 0 Å². The number of nitrogens with one attached hydrogen (secondary N) is 2. The van der Waals surface area contributed by atoms with Gasteiger partial charge < -0.3 is 9.47 Å². The van der Waals surface area contributed by atoms with Gasteiger partial charge in [-0.3, -0.25) is 9.78 Å². The number of aromatic nitrogens is 3. The van der Waals surface area contributed by atoms with E-state index in [1.54, 1.807) is 32.4 Å². The number of hydrazone groups is 1. The first kappa shape index (κ1) is 13.5. The average molecular weight is 275 g/mol. The molecule has 8 nitrogen and oxygen atoms in total. The van der Waals surface area contributed by atoms with Crippen LogP contribution in [0, 0.1) is 0 Å². The predicted molar refractivity (Wildman–Crippen MR) is 73.4 cm³/mol. The SMILES string of the molecule is COc1ccc(OC)c(C=NNc2nncc(=O)[nH]2)c1. The van der Waals surface area contributed by atoms with E-state index in [2.05, 4.69) is 25.7 Å². The van der Waals surface area contributed by atoms with Crippen molar-refractivity contribution in [2.24, 2.45) is 5.10 Å². The first-order chi connectivity index (χ1) is 9.72. The summed E-state index contributed by atoms with van der Waals surface area (Å²) in [6.07, 6.45) is 2.59. The number of methoxy groups -OCH3 is 2. The van der Waals surface area contributed by atoms with Crippen LogP contribution in [-0.2, 0) is 0 Å². The van der Waals surface area contributed by atoms with Crippen LogP contribution in [0.5, 0.6) is 11.5 Å². The molecular formula is C12H13N5O3. The normalized spacial score (nSPS) is 10.5. The van der Waals surface area contributed by atoms with Crippen LogP contribution in [0.2, 0.25) is 0 Å². The summed E-state index contributed by atoms with van der Waals surface area (Å²) in [7, 11) is 3.14. The maximum absolute atomic E-state index is 11.0. The van der Waals surface area contributed by atoms with Gasteiger partial charge in [0.15, 0.2) is 0 Å². The molecule has 0 saturated heterocycles. The second kappa shape index (κ2) is 6.32. The third-order valence-electron chi connectivity index (χ3n) is 2.39. The van der Waals surface area contributed by atoms with E-state index in [9.17, 15) is 4.79 Å². The maximum Gasteiger partial charge on any atom is 0.271 e. The fourth-order valence-corrected chi connectivity index (χ4v) is 1.47. The maximum atomic E-state index is 11.0. The van der Waals surface area contributed by atoms with E-state index in [0.717, 1.165) is 6.20 Å². The number of H-pyrrole nitrogens is 1. The van der Waals surface area contributed by atoms with E-state index in [1.165, 1.54) is 6.21 Å². The average Bonchev–Trinajstić information content (AvgIpc) is 2.47. The molecular weight excluding hydrogens is 262 g/mol. The molecule has 0 aliphatic rings. The zero-order valence-corrected chi connectivity index (χ0v) is 11.0. The standard InChI is InChI=1S/C12H13N5O3/c1-19-9-3-4-10(20-2)8(5-9)6-13-16-12-15-11(18)7-14-17-12/h3-7H,1-2H3,(H2,15,16,17,18). The van der Waals surface area contributed by atoms with Gasteiger partial charge in [0, 0.05) is 5.56 Å². The Morgan fingerprint density at radius 2 is 2.20 bits per heavy atom. The second-order valence-corrected chi connectivity index (χ2v) is 3.66. The van der Waals surface area contributed by atoms with Crippen molar-refractivity contribution in [3.63, 3.8) is 0 Å². The molecule has 0 unspecified atom stereocenters. The fourth-order valence-electron chi connectivity index (χ4n) is 1.47. The Balaban J connectivity index is 2.16. The third-order valence-corrected chi connectivity index (χ3v) is 2.39.